The maximum absolute atomic E-state index is 5.03. The summed E-state index contributed by atoms with van der Waals surface area (Å²) in [7, 11) is 0. The van der Waals surface area contributed by atoms with Gasteiger partial charge in [0.2, 0.25) is 0 Å². The van der Waals surface area contributed by atoms with E-state index in [-0.39, 0.29) is 0 Å². The predicted molar refractivity (Wildman–Crippen MR) is 33.2 cm³/mol. The Morgan fingerprint density at radius 2 is 2.78 bits per heavy atom. The molecule has 1 radical (unpaired) electrons. The molecule has 0 atom stereocenters. The Kier molecular flexibility index (Phi) is 1.96. The summed E-state index contributed by atoms with van der Waals surface area (Å²) >= 11 is 0. The third-order valence-corrected chi connectivity index (χ3v) is 0.801. The normalized spacial score (nSPS) is 8.89. The lowest BCUT2D eigenvalue weighted by Gasteiger charge is -1.93. The molecule has 9 heavy (non-hydrogen) atoms. The van der Waals surface area contributed by atoms with Gasteiger partial charge in [-0.25, -0.2) is 0 Å². The van der Waals surface area contributed by atoms with Gasteiger partial charge in [-0.05, 0) is 0 Å². The molecule has 47 valence electrons. The van der Waals surface area contributed by atoms with Crippen molar-refractivity contribution in [3.8, 4) is 5.75 Å². The van der Waals surface area contributed by atoms with Crippen molar-refractivity contribution in [2.24, 2.45) is 0 Å². The molecule has 0 fully saturated rings. The second-order valence-electron chi connectivity index (χ2n) is 1.48. The monoisotopic (exact) mass is 123 g/mol. The molecule has 0 bridgehead atoms. The quantitative estimate of drug-likeness (QED) is 0.570. The number of ether oxygens (including phenoxy) is 1. The van der Waals surface area contributed by atoms with Crippen LogP contribution in [0, 0.1) is 6.07 Å². The zero-order valence-electron chi connectivity index (χ0n) is 4.96. The van der Waals surface area contributed by atoms with Crippen LogP contribution in [0.5, 0.6) is 5.75 Å². The SMILES string of the molecule is C=CCOc1[c]coc1. The number of hydrogen-bond acceptors (Lipinski definition) is 2. The van der Waals surface area contributed by atoms with Gasteiger partial charge < -0.3 is 9.15 Å². The minimum atomic E-state index is 0.496. The summed E-state index contributed by atoms with van der Waals surface area (Å²) in [6, 6.07) is 2.74. The Bertz CT molecular complexity index is 165. The lowest BCUT2D eigenvalue weighted by Crippen LogP contribution is -1.89. The molecule has 0 aliphatic carbocycles. The zero-order valence-corrected chi connectivity index (χ0v) is 4.96. The maximum atomic E-state index is 5.03. The van der Waals surface area contributed by atoms with Crippen molar-refractivity contribution < 1.29 is 9.15 Å². The molecule has 2 heteroatoms. The summed E-state index contributed by atoms with van der Waals surface area (Å²) in [6.07, 6.45) is 4.60. The van der Waals surface area contributed by atoms with E-state index < -0.39 is 0 Å². The van der Waals surface area contributed by atoms with E-state index in [1.807, 2.05) is 0 Å². The average molecular weight is 123 g/mol. The van der Waals surface area contributed by atoms with Gasteiger partial charge in [-0.2, -0.15) is 0 Å². The molecule has 0 unspecified atom stereocenters. The molecule has 0 aliphatic rings. The maximum Gasteiger partial charge on any atom is 0.165 e. The van der Waals surface area contributed by atoms with Crippen molar-refractivity contribution in [2.75, 3.05) is 6.61 Å². The molecule has 0 amide bonds. The van der Waals surface area contributed by atoms with Crippen LogP contribution >= 0.6 is 0 Å². The molecule has 1 rings (SSSR count). The topological polar surface area (TPSA) is 22.4 Å². The third-order valence-electron chi connectivity index (χ3n) is 0.801. The summed E-state index contributed by atoms with van der Waals surface area (Å²) in [5.41, 5.74) is 0. The van der Waals surface area contributed by atoms with Gasteiger partial charge in [0, 0.05) is 0 Å². The first-order valence-corrected chi connectivity index (χ1v) is 2.61. The van der Waals surface area contributed by atoms with Crippen LogP contribution < -0.4 is 4.74 Å². The van der Waals surface area contributed by atoms with E-state index in [1.54, 1.807) is 6.08 Å². The smallest absolute Gasteiger partial charge is 0.165 e. The molecule has 1 aromatic rings. The highest BCUT2D eigenvalue weighted by atomic mass is 16.5. The van der Waals surface area contributed by atoms with Crippen molar-refractivity contribution in [1.82, 2.24) is 0 Å². The van der Waals surface area contributed by atoms with E-state index in [0.29, 0.717) is 12.4 Å². The minimum Gasteiger partial charge on any atom is -0.486 e. The van der Waals surface area contributed by atoms with Gasteiger partial charge in [-0.1, -0.05) is 12.7 Å². The second kappa shape index (κ2) is 2.97. The fraction of sp³-hybridized carbons (Fsp3) is 0.143. The van der Waals surface area contributed by atoms with Crippen molar-refractivity contribution in [2.45, 2.75) is 0 Å². The van der Waals surface area contributed by atoms with Crippen LogP contribution in [0.3, 0.4) is 0 Å². The van der Waals surface area contributed by atoms with E-state index in [2.05, 4.69) is 12.6 Å². The second-order valence-corrected chi connectivity index (χ2v) is 1.48. The Labute approximate surface area is 53.7 Å². The van der Waals surface area contributed by atoms with Crippen LogP contribution in [0.25, 0.3) is 0 Å². The van der Waals surface area contributed by atoms with Crippen LogP contribution in [0.15, 0.2) is 29.6 Å². The third kappa shape index (κ3) is 1.64. The predicted octanol–water partition coefficient (Wildman–Crippen LogP) is 1.64. The van der Waals surface area contributed by atoms with Gasteiger partial charge >= 0.3 is 0 Å². The first-order chi connectivity index (χ1) is 4.43. The molecule has 0 aromatic carbocycles. The first-order valence-electron chi connectivity index (χ1n) is 2.61. The molecule has 0 spiro atoms. The van der Waals surface area contributed by atoms with Crippen LogP contribution in [0.2, 0.25) is 0 Å². The van der Waals surface area contributed by atoms with Gasteiger partial charge in [0.1, 0.15) is 19.1 Å². The molecule has 1 heterocycles. The molecule has 0 N–H and O–H groups in total. The molecule has 2 nitrogen and oxygen atoms in total. The van der Waals surface area contributed by atoms with Crippen molar-refractivity contribution in [1.29, 1.82) is 0 Å². The Morgan fingerprint density at radius 3 is 3.33 bits per heavy atom. The molecule has 0 saturated carbocycles. The highest BCUT2D eigenvalue weighted by Crippen LogP contribution is 2.07. The number of furan rings is 1. The summed E-state index contributed by atoms with van der Waals surface area (Å²) in [4.78, 5) is 0. The summed E-state index contributed by atoms with van der Waals surface area (Å²) in [5, 5.41) is 0. The van der Waals surface area contributed by atoms with Crippen LogP contribution in [-0.4, -0.2) is 6.61 Å². The lowest BCUT2D eigenvalue weighted by molar-refractivity contribution is 0.357. The first kappa shape index (κ1) is 5.95. The van der Waals surface area contributed by atoms with Gasteiger partial charge in [0.25, 0.3) is 0 Å². The standard InChI is InChI=1S/C7H7O2/c1-2-4-9-7-3-5-8-6-7/h2,5-6H,1,4H2. The van der Waals surface area contributed by atoms with Gasteiger partial charge in [-0.15, -0.1) is 0 Å². The van der Waals surface area contributed by atoms with Crippen molar-refractivity contribution >= 4 is 0 Å². The van der Waals surface area contributed by atoms with Gasteiger partial charge in [0.15, 0.2) is 5.75 Å². The van der Waals surface area contributed by atoms with Gasteiger partial charge in [-0.3, -0.25) is 0 Å². The van der Waals surface area contributed by atoms with Crippen LogP contribution in [-0.2, 0) is 0 Å². The van der Waals surface area contributed by atoms with E-state index in [4.69, 9.17) is 9.15 Å². The van der Waals surface area contributed by atoms with Gasteiger partial charge in [0.05, 0.1) is 6.07 Å². The summed E-state index contributed by atoms with van der Waals surface area (Å²) < 4.78 is 9.72. The Hall–Kier alpha value is -1.18. The Morgan fingerprint density at radius 1 is 1.89 bits per heavy atom. The fourth-order valence-corrected chi connectivity index (χ4v) is 0.446. The van der Waals surface area contributed by atoms with Crippen LogP contribution in [0.1, 0.15) is 0 Å². The van der Waals surface area contributed by atoms with E-state index >= 15 is 0 Å². The summed E-state index contributed by atoms with van der Waals surface area (Å²) in [5.74, 6) is 0.620. The van der Waals surface area contributed by atoms with E-state index in [9.17, 15) is 0 Å². The molecule has 0 saturated heterocycles. The zero-order chi connectivity index (χ0) is 6.53. The lowest BCUT2D eigenvalue weighted by atomic mass is 10.6. The molecular weight excluding hydrogens is 116 g/mol. The Balaban J connectivity index is 2.38. The largest absolute Gasteiger partial charge is 0.486 e. The van der Waals surface area contributed by atoms with Crippen LogP contribution in [0.4, 0.5) is 0 Å². The van der Waals surface area contributed by atoms with Crippen molar-refractivity contribution in [3.05, 3.63) is 31.2 Å². The highest BCUT2D eigenvalue weighted by molar-refractivity contribution is 5.10. The molecular formula is C7H7O2. The fourth-order valence-electron chi connectivity index (χ4n) is 0.446. The van der Waals surface area contributed by atoms with E-state index in [1.165, 1.54) is 12.5 Å². The van der Waals surface area contributed by atoms with E-state index in [0.717, 1.165) is 0 Å². The number of rotatable bonds is 3. The minimum absolute atomic E-state index is 0.496. The van der Waals surface area contributed by atoms with Crippen molar-refractivity contribution in [3.63, 3.8) is 0 Å². The summed E-state index contributed by atoms with van der Waals surface area (Å²) in [6.45, 7) is 3.99. The average Bonchev–Trinajstić information content (AvgIpc) is 2.34. The highest BCUT2D eigenvalue weighted by Gasteiger charge is 1.89. The molecule has 1 aromatic heterocycles. The number of hydrogen-bond donors (Lipinski definition) is 0. The molecule has 0 aliphatic heterocycles.